The second-order valence-electron chi connectivity index (χ2n) is 5.94. The molecule has 1 aromatic rings. The molecule has 0 radical (unpaired) electrons. The molecule has 114 valence electrons. The van der Waals surface area contributed by atoms with E-state index in [1.54, 1.807) is 12.1 Å². The second-order valence-corrected chi connectivity index (χ2v) is 6.38. The molecule has 4 nitrogen and oxygen atoms in total. The van der Waals surface area contributed by atoms with Crippen molar-refractivity contribution in [3.05, 3.63) is 34.9 Å². The van der Waals surface area contributed by atoms with Gasteiger partial charge < -0.3 is 14.7 Å². The fraction of sp³-hybridized carbons (Fsp3) is 0.438. The van der Waals surface area contributed by atoms with Gasteiger partial charge in [-0.1, -0.05) is 11.6 Å². The third-order valence-corrected chi connectivity index (χ3v) is 3.54. The summed E-state index contributed by atoms with van der Waals surface area (Å²) in [6.45, 7) is 7.65. The van der Waals surface area contributed by atoms with Crippen LogP contribution in [0.2, 0.25) is 5.02 Å². The summed E-state index contributed by atoms with van der Waals surface area (Å²) < 4.78 is 5.91. The van der Waals surface area contributed by atoms with Gasteiger partial charge in [-0.2, -0.15) is 0 Å². The molecule has 1 saturated heterocycles. The number of carbonyl (C=O) groups is 1. The average Bonchev–Trinajstić information content (AvgIpc) is 2.33. The lowest BCUT2D eigenvalue weighted by Gasteiger charge is -2.43. The summed E-state index contributed by atoms with van der Waals surface area (Å²) in [5.74, 6) is -0.975. The Bertz CT molecular complexity index is 569. The van der Waals surface area contributed by atoms with Crippen LogP contribution in [-0.4, -0.2) is 35.9 Å². The fourth-order valence-corrected chi connectivity index (χ4v) is 2.93. The van der Waals surface area contributed by atoms with Crippen LogP contribution in [0.25, 0.3) is 6.08 Å². The molecule has 0 bridgehead atoms. The smallest absolute Gasteiger partial charge is 0.328 e. The predicted octanol–water partition coefficient (Wildman–Crippen LogP) is 3.44. The van der Waals surface area contributed by atoms with E-state index in [-0.39, 0.29) is 11.7 Å². The van der Waals surface area contributed by atoms with Gasteiger partial charge in [-0.05, 0) is 50.6 Å². The molecule has 1 atom stereocenters. The van der Waals surface area contributed by atoms with Crippen LogP contribution in [-0.2, 0) is 9.53 Å². The van der Waals surface area contributed by atoms with E-state index >= 15 is 0 Å². The molecule has 0 spiro atoms. The number of benzene rings is 1. The Morgan fingerprint density at radius 1 is 1.52 bits per heavy atom. The van der Waals surface area contributed by atoms with Crippen molar-refractivity contribution in [3.63, 3.8) is 0 Å². The fourth-order valence-electron chi connectivity index (χ4n) is 2.75. The number of anilines is 1. The lowest BCUT2D eigenvalue weighted by molar-refractivity contribution is -0.131. The predicted molar refractivity (Wildman–Crippen MR) is 85.0 cm³/mol. The van der Waals surface area contributed by atoms with Crippen LogP contribution in [0.15, 0.2) is 24.3 Å². The minimum Gasteiger partial charge on any atom is -0.478 e. The Morgan fingerprint density at radius 3 is 2.86 bits per heavy atom. The van der Waals surface area contributed by atoms with Gasteiger partial charge in [0.05, 0.1) is 11.7 Å². The zero-order chi connectivity index (χ0) is 15.6. The SMILES string of the molecule is CC1CN(c2ccc(Cl)cc2/C=C/C(=O)O)CC(C)(C)O1. The molecule has 5 heteroatoms. The lowest BCUT2D eigenvalue weighted by Crippen LogP contribution is -2.52. The molecule has 1 aliphatic rings. The van der Waals surface area contributed by atoms with Gasteiger partial charge >= 0.3 is 5.97 Å². The van der Waals surface area contributed by atoms with Crippen LogP contribution < -0.4 is 4.90 Å². The molecule has 0 aromatic heterocycles. The van der Waals surface area contributed by atoms with Gasteiger partial charge in [0, 0.05) is 29.9 Å². The summed E-state index contributed by atoms with van der Waals surface area (Å²) in [7, 11) is 0. The number of carboxylic acid groups (broad SMARTS) is 1. The maximum atomic E-state index is 10.7. The van der Waals surface area contributed by atoms with E-state index in [0.717, 1.165) is 30.4 Å². The van der Waals surface area contributed by atoms with E-state index in [2.05, 4.69) is 18.7 Å². The largest absolute Gasteiger partial charge is 0.478 e. The maximum Gasteiger partial charge on any atom is 0.328 e. The number of nitrogens with zero attached hydrogens (tertiary/aromatic N) is 1. The lowest BCUT2D eigenvalue weighted by atomic mass is 10.0. The molecule has 21 heavy (non-hydrogen) atoms. The van der Waals surface area contributed by atoms with Crippen LogP contribution in [0.1, 0.15) is 26.3 Å². The highest BCUT2D eigenvalue weighted by atomic mass is 35.5. The first-order valence-electron chi connectivity index (χ1n) is 6.90. The van der Waals surface area contributed by atoms with Crippen molar-refractivity contribution in [2.24, 2.45) is 0 Å². The van der Waals surface area contributed by atoms with Gasteiger partial charge in [-0.15, -0.1) is 0 Å². The molecular formula is C16H20ClNO3. The topological polar surface area (TPSA) is 49.8 Å². The third-order valence-electron chi connectivity index (χ3n) is 3.31. The first kappa shape index (κ1) is 15.9. The Kier molecular flexibility index (Phi) is 4.59. The van der Waals surface area contributed by atoms with Crippen molar-refractivity contribution in [1.82, 2.24) is 0 Å². The maximum absolute atomic E-state index is 10.7. The zero-order valence-electron chi connectivity index (χ0n) is 12.5. The number of rotatable bonds is 3. The molecular weight excluding hydrogens is 290 g/mol. The van der Waals surface area contributed by atoms with Gasteiger partial charge in [0.15, 0.2) is 0 Å². The molecule has 1 fully saturated rings. The van der Waals surface area contributed by atoms with Crippen LogP contribution in [0.3, 0.4) is 0 Å². The summed E-state index contributed by atoms with van der Waals surface area (Å²) in [6, 6.07) is 5.53. The number of hydrogen-bond acceptors (Lipinski definition) is 3. The van der Waals surface area contributed by atoms with E-state index in [9.17, 15) is 4.79 Å². The average molecular weight is 310 g/mol. The summed E-state index contributed by atoms with van der Waals surface area (Å²) in [5.41, 5.74) is 1.53. The molecule has 1 unspecified atom stereocenters. The van der Waals surface area contributed by atoms with Crippen LogP contribution in [0.5, 0.6) is 0 Å². The number of halogens is 1. The molecule has 0 amide bonds. The van der Waals surface area contributed by atoms with Crippen LogP contribution in [0, 0.1) is 0 Å². The summed E-state index contributed by atoms with van der Waals surface area (Å²) >= 11 is 6.03. The minimum atomic E-state index is -0.975. The van der Waals surface area contributed by atoms with Crippen molar-refractivity contribution in [3.8, 4) is 0 Å². The van der Waals surface area contributed by atoms with Crippen LogP contribution in [0.4, 0.5) is 5.69 Å². The molecule has 1 heterocycles. The molecule has 1 aromatic carbocycles. The Labute approximate surface area is 130 Å². The first-order valence-corrected chi connectivity index (χ1v) is 7.28. The number of hydrogen-bond donors (Lipinski definition) is 1. The number of morpholine rings is 1. The van der Waals surface area contributed by atoms with Crippen molar-refractivity contribution < 1.29 is 14.6 Å². The standard InChI is InChI=1S/C16H20ClNO3/c1-11-9-18(10-16(2,3)21-11)14-6-5-13(17)8-12(14)4-7-15(19)20/h4-8,11H,9-10H2,1-3H3,(H,19,20)/b7-4+. The summed E-state index contributed by atoms with van der Waals surface area (Å²) in [6.07, 6.45) is 2.82. The van der Waals surface area contributed by atoms with E-state index in [0.29, 0.717) is 5.02 Å². The molecule has 1 N–H and O–H groups in total. The molecule has 0 aliphatic carbocycles. The zero-order valence-corrected chi connectivity index (χ0v) is 13.2. The Hall–Kier alpha value is -1.52. The number of carboxylic acids is 1. The normalized spacial score (nSPS) is 21.7. The van der Waals surface area contributed by atoms with E-state index < -0.39 is 5.97 Å². The van der Waals surface area contributed by atoms with Gasteiger partial charge in [0.2, 0.25) is 0 Å². The Morgan fingerprint density at radius 2 is 2.24 bits per heavy atom. The molecule has 0 saturated carbocycles. The van der Waals surface area contributed by atoms with Gasteiger partial charge in [-0.3, -0.25) is 0 Å². The van der Waals surface area contributed by atoms with Gasteiger partial charge in [-0.25, -0.2) is 4.79 Å². The quantitative estimate of drug-likeness (QED) is 0.869. The van der Waals surface area contributed by atoms with Gasteiger partial charge in [0.25, 0.3) is 0 Å². The summed E-state index contributed by atoms with van der Waals surface area (Å²) in [4.78, 5) is 13.0. The second kappa shape index (κ2) is 6.08. The van der Waals surface area contributed by atoms with E-state index in [4.69, 9.17) is 21.4 Å². The van der Waals surface area contributed by atoms with Crippen molar-refractivity contribution >= 4 is 29.3 Å². The van der Waals surface area contributed by atoms with Crippen molar-refractivity contribution in [1.29, 1.82) is 0 Å². The van der Waals surface area contributed by atoms with Crippen molar-refractivity contribution in [2.75, 3.05) is 18.0 Å². The van der Waals surface area contributed by atoms with E-state index in [1.807, 2.05) is 19.1 Å². The highest BCUT2D eigenvalue weighted by Crippen LogP contribution is 2.31. The highest BCUT2D eigenvalue weighted by molar-refractivity contribution is 6.30. The van der Waals surface area contributed by atoms with Crippen LogP contribution >= 0.6 is 11.6 Å². The minimum absolute atomic E-state index is 0.112. The highest BCUT2D eigenvalue weighted by Gasteiger charge is 2.32. The van der Waals surface area contributed by atoms with E-state index in [1.165, 1.54) is 0 Å². The number of aliphatic carboxylic acids is 1. The third kappa shape index (κ3) is 4.22. The van der Waals surface area contributed by atoms with Gasteiger partial charge in [0.1, 0.15) is 0 Å². The van der Waals surface area contributed by atoms with Crippen molar-refractivity contribution in [2.45, 2.75) is 32.5 Å². The number of ether oxygens (including phenoxy) is 1. The Balaban J connectivity index is 2.36. The monoisotopic (exact) mass is 309 g/mol. The summed E-state index contributed by atoms with van der Waals surface area (Å²) in [5, 5.41) is 9.40. The first-order chi connectivity index (χ1) is 9.77. The molecule has 1 aliphatic heterocycles. The molecule has 2 rings (SSSR count).